The van der Waals surface area contributed by atoms with Crippen molar-refractivity contribution in [1.29, 1.82) is 0 Å². The maximum absolute atomic E-state index is 5.33. The molecule has 2 heterocycles. The fraction of sp³-hybridized carbons (Fsp3) is 0.273. The first kappa shape index (κ1) is 11.0. The van der Waals surface area contributed by atoms with Crippen molar-refractivity contribution >= 4 is 24.3 Å². The van der Waals surface area contributed by atoms with Gasteiger partial charge in [-0.2, -0.15) is 10.2 Å². The molecule has 0 aliphatic carbocycles. The highest BCUT2D eigenvalue weighted by Gasteiger charge is 2.17. The Kier molecular flexibility index (Phi) is 2.83. The Morgan fingerprint density at radius 1 is 1.19 bits per heavy atom. The molecule has 0 N–H and O–H groups in total. The summed E-state index contributed by atoms with van der Waals surface area (Å²) in [7, 11) is 0. The number of nitrogens with zero attached hydrogens (tertiary/aromatic N) is 2. The molecule has 0 bridgehead atoms. The molecule has 4 nitrogen and oxygen atoms in total. The molecule has 0 unspecified atom stereocenters. The van der Waals surface area contributed by atoms with Crippen molar-refractivity contribution in [2.75, 3.05) is 6.79 Å². The topological polar surface area (TPSA) is 43.2 Å². The Morgan fingerprint density at radius 3 is 2.75 bits per heavy atom. The van der Waals surface area contributed by atoms with E-state index < -0.39 is 0 Å². The molecule has 0 saturated carbocycles. The van der Waals surface area contributed by atoms with Crippen LogP contribution in [0.5, 0.6) is 11.5 Å². The van der Waals surface area contributed by atoms with Crippen molar-refractivity contribution in [2.24, 2.45) is 10.2 Å². The van der Waals surface area contributed by atoms with Gasteiger partial charge in [0.15, 0.2) is 11.5 Å². The SMILES string of the molecule is CC1=NN=Cc2cc3c(cc2C1)OCO3.Cl. The van der Waals surface area contributed by atoms with Gasteiger partial charge in [-0.3, -0.25) is 0 Å². The normalized spacial score (nSPS) is 15.9. The molecule has 0 atom stereocenters. The maximum Gasteiger partial charge on any atom is 0.231 e. The third-order valence-corrected chi connectivity index (χ3v) is 2.51. The van der Waals surface area contributed by atoms with Gasteiger partial charge in [0.25, 0.3) is 0 Å². The third kappa shape index (κ3) is 1.76. The van der Waals surface area contributed by atoms with E-state index >= 15 is 0 Å². The van der Waals surface area contributed by atoms with Crippen LogP contribution in [-0.4, -0.2) is 18.7 Å². The van der Waals surface area contributed by atoms with Crippen LogP contribution in [0.2, 0.25) is 0 Å². The van der Waals surface area contributed by atoms with Gasteiger partial charge in [0.1, 0.15) is 0 Å². The van der Waals surface area contributed by atoms with Crippen LogP contribution in [0.15, 0.2) is 22.3 Å². The van der Waals surface area contributed by atoms with E-state index in [2.05, 4.69) is 10.2 Å². The third-order valence-electron chi connectivity index (χ3n) is 2.51. The van der Waals surface area contributed by atoms with Crippen molar-refractivity contribution in [3.05, 3.63) is 23.3 Å². The van der Waals surface area contributed by atoms with Crippen LogP contribution in [0.1, 0.15) is 18.1 Å². The molecule has 84 valence electrons. The van der Waals surface area contributed by atoms with Crippen LogP contribution >= 0.6 is 12.4 Å². The van der Waals surface area contributed by atoms with Crippen molar-refractivity contribution in [2.45, 2.75) is 13.3 Å². The highest BCUT2D eigenvalue weighted by Crippen LogP contribution is 2.34. The molecule has 3 rings (SSSR count). The minimum Gasteiger partial charge on any atom is -0.454 e. The zero-order valence-electron chi connectivity index (χ0n) is 8.77. The largest absolute Gasteiger partial charge is 0.454 e. The standard InChI is InChI=1S/C11H10N2O2.ClH/c1-7-2-8-3-10-11(15-6-14-10)4-9(8)5-12-13-7;/h3-5H,2,6H2,1H3;1H. The number of halogens is 1. The molecule has 2 aliphatic rings. The Hall–Kier alpha value is -1.55. The van der Waals surface area contributed by atoms with Gasteiger partial charge in [0.05, 0.1) is 6.21 Å². The second-order valence-electron chi connectivity index (χ2n) is 3.66. The summed E-state index contributed by atoms with van der Waals surface area (Å²) in [5.41, 5.74) is 3.24. The van der Waals surface area contributed by atoms with Gasteiger partial charge < -0.3 is 9.47 Å². The molecular weight excluding hydrogens is 228 g/mol. The number of rotatable bonds is 0. The van der Waals surface area contributed by atoms with Crippen LogP contribution in [0, 0.1) is 0 Å². The highest BCUT2D eigenvalue weighted by molar-refractivity contribution is 5.92. The van der Waals surface area contributed by atoms with E-state index in [4.69, 9.17) is 9.47 Å². The van der Waals surface area contributed by atoms with Crippen LogP contribution < -0.4 is 9.47 Å². The van der Waals surface area contributed by atoms with Crippen molar-refractivity contribution in [1.82, 2.24) is 0 Å². The van der Waals surface area contributed by atoms with E-state index in [0.717, 1.165) is 29.2 Å². The number of benzene rings is 1. The average molecular weight is 239 g/mol. The summed E-state index contributed by atoms with van der Waals surface area (Å²) >= 11 is 0. The minimum absolute atomic E-state index is 0. The Morgan fingerprint density at radius 2 is 1.94 bits per heavy atom. The predicted molar refractivity (Wildman–Crippen MR) is 64.2 cm³/mol. The van der Waals surface area contributed by atoms with Crippen molar-refractivity contribution < 1.29 is 9.47 Å². The van der Waals surface area contributed by atoms with Crippen LogP contribution in [0.3, 0.4) is 0 Å². The minimum atomic E-state index is 0. The van der Waals surface area contributed by atoms with Crippen molar-refractivity contribution in [3.8, 4) is 11.5 Å². The maximum atomic E-state index is 5.33. The van der Waals surface area contributed by atoms with E-state index in [9.17, 15) is 0 Å². The molecule has 0 radical (unpaired) electrons. The molecule has 2 aliphatic heterocycles. The first-order valence-corrected chi connectivity index (χ1v) is 4.82. The zero-order chi connectivity index (χ0) is 10.3. The van der Waals surface area contributed by atoms with E-state index in [1.54, 1.807) is 6.21 Å². The van der Waals surface area contributed by atoms with Crippen LogP contribution in [-0.2, 0) is 6.42 Å². The van der Waals surface area contributed by atoms with Gasteiger partial charge in [-0.25, -0.2) is 0 Å². The Balaban J connectivity index is 0.000000963. The van der Waals surface area contributed by atoms with Gasteiger partial charge in [-0.1, -0.05) is 0 Å². The fourth-order valence-corrected chi connectivity index (χ4v) is 1.77. The number of hydrogen-bond acceptors (Lipinski definition) is 4. The lowest BCUT2D eigenvalue weighted by atomic mass is 10.0. The molecule has 16 heavy (non-hydrogen) atoms. The summed E-state index contributed by atoms with van der Waals surface area (Å²) in [6, 6.07) is 3.96. The van der Waals surface area contributed by atoms with Crippen LogP contribution in [0.4, 0.5) is 0 Å². The number of fused-ring (bicyclic) bond motifs is 2. The van der Waals surface area contributed by atoms with E-state index in [0.29, 0.717) is 6.79 Å². The Labute approximate surface area is 99.4 Å². The summed E-state index contributed by atoms with van der Waals surface area (Å²) in [5, 5.41) is 8.03. The average Bonchev–Trinajstić information content (AvgIpc) is 2.57. The molecule has 0 aromatic heterocycles. The van der Waals surface area contributed by atoms with Gasteiger partial charge in [-0.05, 0) is 24.6 Å². The number of hydrogen-bond donors (Lipinski definition) is 0. The summed E-state index contributed by atoms with van der Waals surface area (Å²) in [5.74, 6) is 1.61. The summed E-state index contributed by atoms with van der Waals surface area (Å²) in [6.07, 6.45) is 2.57. The second kappa shape index (κ2) is 4.14. The fourth-order valence-electron chi connectivity index (χ4n) is 1.77. The first-order valence-electron chi connectivity index (χ1n) is 4.82. The Bertz CT molecular complexity index is 483. The van der Waals surface area contributed by atoms with Gasteiger partial charge >= 0.3 is 0 Å². The highest BCUT2D eigenvalue weighted by atomic mass is 35.5. The summed E-state index contributed by atoms with van der Waals surface area (Å²) < 4.78 is 10.6. The second-order valence-corrected chi connectivity index (χ2v) is 3.66. The zero-order valence-corrected chi connectivity index (χ0v) is 9.58. The van der Waals surface area contributed by atoms with Gasteiger partial charge in [0.2, 0.25) is 6.79 Å². The lowest BCUT2D eigenvalue weighted by molar-refractivity contribution is 0.174. The first-order chi connectivity index (χ1) is 7.33. The monoisotopic (exact) mass is 238 g/mol. The van der Waals surface area contributed by atoms with Gasteiger partial charge in [0, 0.05) is 17.7 Å². The molecule has 0 spiro atoms. The molecule has 0 amide bonds. The van der Waals surface area contributed by atoms with Crippen LogP contribution in [0.25, 0.3) is 0 Å². The van der Waals surface area contributed by atoms with Crippen molar-refractivity contribution in [3.63, 3.8) is 0 Å². The lowest BCUT2D eigenvalue weighted by Gasteiger charge is -2.04. The molecule has 1 aromatic carbocycles. The molecule has 5 heteroatoms. The van der Waals surface area contributed by atoms with E-state index in [1.807, 2.05) is 19.1 Å². The predicted octanol–water partition coefficient (Wildman–Crippen LogP) is 2.19. The summed E-state index contributed by atoms with van der Waals surface area (Å²) in [6.45, 7) is 2.28. The molecule has 1 aromatic rings. The van der Waals surface area contributed by atoms with E-state index in [-0.39, 0.29) is 12.4 Å². The lowest BCUT2D eigenvalue weighted by Crippen LogP contribution is -1.98. The number of ether oxygens (including phenoxy) is 2. The summed E-state index contributed by atoms with van der Waals surface area (Å²) in [4.78, 5) is 0. The van der Waals surface area contributed by atoms with Gasteiger partial charge in [-0.15, -0.1) is 12.4 Å². The molecular formula is C11H11ClN2O2. The molecule has 0 saturated heterocycles. The smallest absolute Gasteiger partial charge is 0.231 e. The molecule has 0 fully saturated rings. The van der Waals surface area contributed by atoms with E-state index in [1.165, 1.54) is 5.56 Å². The quantitative estimate of drug-likeness (QED) is 0.695.